The van der Waals surface area contributed by atoms with Gasteiger partial charge in [0.1, 0.15) is 6.04 Å². The SMILES string of the molecule is C[C@@H](NC(=O)c1cccc(/C=C\CCCc2cncs2)c1)C(=O)O. The Balaban J connectivity index is 1.86. The Kier molecular flexibility index (Phi) is 6.69. The first-order chi connectivity index (χ1) is 11.6. The molecule has 0 bridgehead atoms. The van der Waals surface area contributed by atoms with Crippen LogP contribution in [0.25, 0.3) is 6.08 Å². The fourth-order valence-electron chi connectivity index (χ4n) is 2.10. The highest BCUT2D eigenvalue weighted by molar-refractivity contribution is 7.09. The Bertz CT molecular complexity index is 711. The van der Waals surface area contributed by atoms with Gasteiger partial charge in [-0.15, -0.1) is 11.3 Å². The predicted molar refractivity (Wildman–Crippen MR) is 95.1 cm³/mol. The van der Waals surface area contributed by atoms with Crippen LogP contribution in [0.5, 0.6) is 0 Å². The number of aryl methyl sites for hydroxylation is 1. The number of nitrogens with one attached hydrogen (secondary N) is 1. The van der Waals surface area contributed by atoms with E-state index < -0.39 is 12.0 Å². The fraction of sp³-hybridized carbons (Fsp3) is 0.278. The van der Waals surface area contributed by atoms with E-state index in [1.54, 1.807) is 29.5 Å². The van der Waals surface area contributed by atoms with E-state index in [4.69, 9.17) is 5.11 Å². The van der Waals surface area contributed by atoms with E-state index in [-0.39, 0.29) is 5.91 Å². The number of carboxylic acid groups (broad SMARTS) is 1. The molecule has 0 radical (unpaired) electrons. The second-order valence-electron chi connectivity index (χ2n) is 5.42. The van der Waals surface area contributed by atoms with Crippen molar-refractivity contribution in [3.63, 3.8) is 0 Å². The number of nitrogens with zero attached hydrogens (tertiary/aromatic N) is 1. The fourth-order valence-corrected chi connectivity index (χ4v) is 2.75. The molecule has 1 amide bonds. The average molecular weight is 344 g/mol. The minimum absolute atomic E-state index is 0.384. The molecule has 24 heavy (non-hydrogen) atoms. The lowest BCUT2D eigenvalue weighted by Crippen LogP contribution is -2.38. The summed E-state index contributed by atoms with van der Waals surface area (Å²) in [5.74, 6) is -1.44. The molecule has 2 aromatic rings. The zero-order valence-electron chi connectivity index (χ0n) is 13.4. The third kappa shape index (κ3) is 5.62. The lowest BCUT2D eigenvalue weighted by atomic mass is 10.1. The van der Waals surface area contributed by atoms with Crippen LogP contribution in [0.2, 0.25) is 0 Å². The van der Waals surface area contributed by atoms with Gasteiger partial charge in [-0.2, -0.15) is 0 Å². The third-order valence-corrected chi connectivity index (χ3v) is 4.29. The first-order valence-electron chi connectivity index (χ1n) is 7.74. The van der Waals surface area contributed by atoms with Crippen molar-refractivity contribution < 1.29 is 14.7 Å². The lowest BCUT2D eigenvalue weighted by molar-refractivity contribution is -0.138. The smallest absolute Gasteiger partial charge is 0.325 e. The number of carboxylic acids is 1. The average Bonchev–Trinajstić information content (AvgIpc) is 3.08. The minimum Gasteiger partial charge on any atom is -0.480 e. The maximum atomic E-state index is 12.0. The Morgan fingerprint density at radius 3 is 2.96 bits per heavy atom. The van der Waals surface area contributed by atoms with Crippen molar-refractivity contribution in [2.75, 3.05) is 0 Å². The van der Waals surface area contributed by atoms with Gasteiger partial charge >= 0.3 is 5.97 Å². The van der Waals surface area contributed by atoms with Gasteiger partial charge in [0.2, 0.25) is 0 Å². The monoisotopic (exact) mass is 344 g/mol. The highest BCUT2D eigenvalue weighted by atomic mass is 32.1. The number of allylic oxidation sites excluding steroid dienone is 1. The summed E-state index contributed by atoms with van der Waals surface area (Å²) in [6.07, 6.45) is 8.97. The first kappa shape index (κ1) is 17.9. The molecule has 2 N–H and O–H groups in total. The molecule has 0 saturated heterocycles. The van der Waals surface area contributed by atoms with Gasteiger partial charge in [0, 0.05) is 16.6 Å². The normalized spacial score (nSPS) is 12.2. The highest BCUT2D eigenvalue weighted by Crippen LogP contribution is 2.12. The van der Waals surface area contributed by atoms with Crippen molar-refractivity contribution in [3.05, 3.63) is 58.1 Å². The second-order valence-corrected chi connectivity index (χ2v) is 6.39. The van der Waals surface area contributed by atoms with Crippen LogP contribution in [-0.4, -0.2) is 28.0 Å². The van der Waals surface area contributed by atoms with Crippen molar-refractivity contribution in [2.45, 2.75) is 32.2 Å². The summed E-state index contributed by atoms with van der Waals surface area (Å²) >= 11 is 1.67. The van der Waals surface area contributed by atoms with Gasteiger partial charge in [0.25, 0.3) is 5.91 Å². The molecule has 6 heteroatoms. The first-order valence-corrected chi connectivity index (χ1v) is 8.62. The summed E-state index contributed by atoms with van der Waals surface area (Å²) in [5.41, 5.74) is 3.21. The second kappa shape index (κ2) is 8.98. The molecule has 0 spiro atoms. The van der Waals surface area contributed by atoms with Gasteiger partial charge in [0.15, 0.2) is 0 Å². The van der Waals surface area contributed by atoms with Gasteiger partial charge in [-0.3, -0.25) is 14.6 Å². The van der Waals surface area contributed by atoms with E-state index in [0.29, 0.717) is 5.56 Å². The number of aromatic nitrogens is 1. The van der Waals surface area contributed by atoms with Crippen LogP contribution in [0.1, 0.15) is 40.6 Å². The number of aliphatic carboxylic acids is 1. The molecular formula is C18H20N2O3S. The number of hydrogen-bond donors (Lipinski definition) is 2. The van der Waals surface area contributed by atoms with Crippen LogP contribution in [0, 0.1) is 0 Å². The number of amides is 1. The summed E-state index contributed by atoms with van der Waals surface area (Å²) < 4.78 is 0. The van der Waals surface area contributed by atoms with Gasteiger partial charge in [-0.25, -0.2) is 0 Å². The van der Waals surface area contributed by atoms with Gasteiger partial charge in [0.05, 0.1) is 5.51 Å². The third-order valence-electron chi connectivity index (χ3n) is 3.45. The highest BCUT2D eigenvalue weighted by Gasteiger charge is 2.15. The lowest BCUT2D eigenvalue weighted by Gasteiger charge is -2.09. The molecule has 0 aliphatic heterocycles. The van der Waals surface area contributed by atoms with Crippen LogP contribution in [0.4, 0.5) is 0 Å². The van der Waals surface area contributed by atoms with E-state index >= 15 is 0 Å². The van der Waals surface area contributed by atoms with Gasteiger partial charge in [-0.05, 0) is 43.9 Å². The number of carbonyl (C=O) groups excluding carboxylic acids is 1. The van der Waals surface area contributed by atoms with E-state index in [1.165, 1.54) is 11.8 Å². The van der Waals surface area contributed by atoms with Crippen molar-refractivity contribution in [1.29, 1.82) is 0 Å². The minimum atomic E-state index is -1.06. The summed E-state index contributed by atoms with van der Waals surface area (Å²) in [5, 5.41) is 11.3. The Morgan fingerprint density at radius 1 is 1.42 bits per heavy atom. The molecular weight excluding hydrogens is 324 g/mol. The Morgan fingerprint density at radius 2 is 2.25 bits per heavy atom. The molecule has 1 heterocycles. The van der Waals surface area contributed by atoms with Crippen LogP contribution >= 0.6 is 11.3 Å². The molecule has 0 unspecified atom stereocenters. The number of unbranched alkanes of at least 4 members (excludes halogenated alkanes) is 1. The van der Waals surface area contributed by atoms with E-state index in [0.717, 1.165) is 24.8 Å². The summed E-state index contributed by atoms with van der Waals surface area (Å²) in [6, 6.07) is 6.21. The van der Waals surface area contributed by atoms with Crippen LogP contribution < -0.4 is 5.32 Å². The van der Waals surface area contributed by atoms with Crippen LogP contribution in [0.3, 0.4) is 0 Å². The zero-order chi connectivity index (χ0) is 17.4. The van der Waals surface area contributed by atoms with Gasteiger partial charge in [-0.1, -0.05) is 24.3 Å². The number of benzene rings is 1. The molecule has 0 saturated carbocycles. The molecule has 0 fully saturated rings. The van der Waals surface area contributed by atoms with Crippen molar-refractivity contribution in [2.24, 2.45) is 0 Å². The Hall–Kier alpha value is -2.47. The molecule has 1 aromatic carbocycles. The zero-order valence-corrected chi connectivity index (χ0v) is 14.3. The molecule has 5 nitrogen and oxygen atoms in total. The number of thiazole rings is 1. The van der Waals surface area contributed by atoms with Gasteiger partial charge < -0.3 is 10.4 Å². The summed E-state index contributed by atoms with van der Waals surface area (Å²) in [7, 11) is 0. The topological polar surface area (TPSA) is 79.3 Å². The van der Waals surface area contributed by atoms with Crippen molar-refractivity contribution >= 4 is 29.3 Å². The van der Waals surface area contributed by atoms with E-state index in [9.17, 15) is 9.59 Å². The maximum absolute atomic E-state index is 12.0. The predicted octanol–water partition coefficient (Wildman–Crippen LogP) is 3.38. The number of hydrogen-bond acceptors (Lipinski definition) is 4. The largest absolute Gasteiger partial charge is 0.480 e. The summed E-state index contributed by atoms with van der Waals surface area (Å²) in [4.78, 5) is 28.1. The summed E-state index contributed by atoms with van der Waals surface area (Å²) in [6.45, 7) is 1.44. The molecule has 0 aliphatic rings. The molecule has 2 rings (SSSR count). The number of rotatable bonds is 8. The molecule has 1 aromatic heterocycles. The van der Waals surface area contributed by atoms with Crippen molar-refractivity contribution in [3.8, 4) is 0 Å². The van der Waals surface area contributed by atoms with Crippen molar-refractivity contribution in [1.82, 2.24) is 10.3 Å². The molecule has 0 aliphatic carbocycles. The maximum Gasteiger partial charge on any atom is 0.325 e. The van der Waals surface area contributed by atoms with Crippen LogP contribution in [-0.2, 0) is 11.2 Å². The van der Waals surface area contributed by atoms with E-state index in [1.807, 2.05) is 23.8 Å². The Labute approximate surface area is 145 Å². The number of carbonyl (C=O) groups is 2. The van der Waals surface area contributed by atoms with Crippen LogP contribution in [0.15, 0.2) is 42.0 Å². The molecule has 1 atom stereocenters. The van der Waals surface area contributed by atoms with E-state index in [2.05, 4.69) is 16.4 Å². The molecule has 126 valence electrons. The standard InChI is InChI=1S/C18H20N2O3S/c1-13(18(22)23)20-17(21)15-8-5-7-14(10-15)6-3-2-4-9-16-11-19-12-24-16/h3,5-8,10-13H,2,4,9H2,1H3,(H,20,21)(H,22,23)/b6-3-/t13-/m1/s1. The quantitative estimate of drug-likeness (QED) is 0.720.